The lowest BCUT2D eigenvalue weighted by molar-refractivity contribution is 0.108. The number of anilines is 2. The molecule has 0 saturated carbocycles. The number of hydrogen-bond acceptors (Lipinski definition) is 9. The molecule has 32 heavy (non-hydrogen) atoms. The zero-order chi connectivity index (χ0) is 23.1. The first-order valence-corrected chi connectivity index (χ1v) is 10.9. The lowest BCUT2D eigenvalue weighted by Gasteiger charge is -2.31. The molecule has 2 heterocycles. The summed E-state index contributed by atoms with van der Waals surface area (Å²) in [4.78, 5) is 6.96. The second-order valence-electron chi connectivity index (χ2n) is 8.07. The maximum absolute atomic E-state index is 10.3. The van der Waals surface area contributed by atoms with Crippen LogP contribution in [0, 0.1) is 5.41 Å². The number of benzene rings is 1. The van der Waals surface area contributed by atoms with Crippen molar-refractivity contribution in [2.24, 2.45) is 0 Å². The molecule has 174 valence electrons. The van der Waals surface area contributed by atoms with E-state index in [1.54, 1.807) is 19.2 Å². The van der Waals surface area contributed by atoms with E-state index in [2.05, 4.69) is 15.5 Å². The van der Waals surface area contributed by atoms with Crippen LogP contribution in [-0.4, -0.2) is 80.1 Å². The minimum absolute atomic E-state index is 0.0461. The maximum atomic E-state index is 10.3. The molecule has 0 amide bonds. The number of likely N-dealkylation sites (N-methyl/N-ethyl adjacent to an activating group) is 1. The Labute approximate surface area is 188 Å². The molecule has 1 atom stereocenters. The van der Waals surface area contributed by atoms with Crippen LogP contribution in [0.3, 0.4) is 0 Å². The minimum atomic E-state index is -0.662. The number of nitrogens with zero attached hydrogens (tertiary/aromatic N) is 2. The van der Waals surface area contributed by atoms with Gasteiger partial charge in [0.05, 0.1) is 30.2 Å². The van der Waals surface area contributed by atoms with E-state index in [-0.39, 0.29) is 18.4 Å². The van der Waals surface area contributed by atoms with Crippen molar-refractivity contribution in [2.75, 3.05) is 56.7 Å². The van der Waals surface area contributed by atoms with Crippen molar-refractivity contribution in [1.29, 1.82) is 5.41 Å². The number of rotatable bonds is 10. The van der Waals surface area contributed by atoms with Gasteiger partial charge in [0, 0.05) is 43.5 Å². The minimum Gasteiger partial charge on any atom is -0.508 e. The Hall–Kier alpha value is -2.88. The molecule has 1 aliphatic heterocycles. The third kappa shape index (κ3) is 6.09. The zero-order valence-electron chi connectivity index (χ0n) is 18.9. The fourth-order valence-electron chi connectivity index (χ4n) is 3.58. The number of pyridine rings is 1. The normalized spacial score (nSPS) is 15.0. The molecule has 9 nitrogen and oxygen atoms in total. The van der Waals surface area contributed by atoms with Gasteiger partial charge in [0.25, 0.3) is 0 Å². The highest BCUT2D eigenvalue weighted by Gasteiger charge is 2.20. The van der Waals surface area contributed by atoms with Gasteiger partial charge in [-0.1, -0.05) is 0 Å². The number of phenols is 1. The molecule has 9 heteroatoms. The van der Waals surface area contributed by atoms with E-state index in [4.69, 9.17) is 19.9 Å². The van der Waals surface area contributed by atoms with E-state index in [0.717, 1.165) is 24.3 Å². The number of hydrogen-bond donors (Lipinski definition) is 5. The van der Waals surface area contributed by atoms with E-state index in [1.165, 1.54) is 12.3 Å². The van der Waals surface area contributed by atoms with Crippen molar-refractivity contribution in [3.8, 4) is 22.8 Å². The highest BCUT2D eigenvalue weighted by atomic mass is 16.5. The summed E-state index contributed by atoms with van der Waals surface area (Å²) in [5, 5.41) is 34.5. The number of phenolic OH excluding ortho intramolecular Hbond substituents is 1. The number of aliphatic hydroxyl groups excluding tert-OH is 1. The second kappa shape index (κ2) is 11.1. The van der Waals surface area contributed by atoms with Gasteiger partial charge in [-0.3, -0.25) is 0 Å². The highest BCUT2D eigenvalue weighted by molar-refractivity contribution is 5.94. The molecule has 2 aromatic rings. The molecule has 1 aromatic carbocycles. The third-order valence-corrected chi connectivity index (χ3v) is 5.03. The van der Waals surface area contributed by atoms with Crippen LogP contribution < -0.4 is 20.3 Å². The van der Waals surface area contributed by atoms with E-state index in [9.17, 15) is 10.2 Å². The van der Waals surface area contributed by atoms with Gasteiger partial charge in [0.15, 0.2) is 0 Å². The molecule has 0 aliphatic carbocycles. The fourth-order valence-corrected chi connectivity index (χ4v) is 3.58. The summed E-state index contributed by atoms with van der Waals surface area (Å²) >= 11 is 0. The Bertz CT molecular complexity index is 916. The van der Waals surface area contributed by atoms with Crippen LogP contribution in [0.2, 0.25) is 0 Å². The van der Waals surface area contributed by atoms with Crippen molar-refractivity contribution in [3.63, 3.8) is 0 Å². The van der Waals surface area contributed by atoms with Crippen LogP contribution in [0.4, 0.5) is 11.5 Å². The number of aromatic nitrogens is 1. The number of ether oxygens (including phenoxy) is 2. The molecule has 1 aliphatic rings. The van der Waals surface area contributed by atoms with Crippen LogP contribution in [0.5, 0.6) is 11.5 Å². The predicted octanol–water partition coefficient (Wildman–Crippen LogP) is 2.07. The van der Waals surface area contributed by atoms with Gasteiger partial charge in [0.2, 0.25) is 0 Å². The lowest BCUT2D eigenvalue weighted by atomic mass is 10.1. The summed E-state index contributed by atoms with van der Waals surface area (Å²) in [6.07, 6.45) is 0.664. The van der Waals surface area contributed by atoms with Gasteiger partial charge in [-0.25, -0.2) is 4.98 Å². The SMILES string of the molecule is CNCC(O)COc1cc(O)cc(-c2cc(N3CCOCC3)c(C=N)c(NC(C)C)n2)c1. The average Bonchev–Trinajstić information content (AvgIpc) is 2.77. The van der Waals surface area contributed by atoms with Crippen molar-refractivity contribution in [2.45, 2.75) is 26.0 Å². The molecular formula is C23H33N5O4. The Morgan fingerprint density at radius 2 is 2.00 bits per heavy atom. The first kappa shape index (κ1) is 23.8. The fraction of sp³-hybridized carbons (Fsp3) is 0.478. The first-order valence-electron chi connectivity index (χ1n) is 10.9. The van der Waals surface area contributed by atoms with Crippen molar-refractivity contribution < 1.29 is 19.7 Å². The van der Waals surface area contributed by atoms with Crippen LogP contribution in [0.25, 0.3) is 11.3 Å². The van der Waals surface area contributed by atoms with Gasteiger partial charge < -0.3 is 40.6 Å². The molecule has 1 aromatic heterocycles. The zero-order valence-corrected chi connectivity index (χ0v) is 18.9. The van der Waals surface area contributed by atoms with Crippen LogP contribution in [-0.2, 0) is 4.74 Å². The van der Waals surface area contributed by atoms with E-state index in [1.807, 2.05) is 19.9 Å². The maximum Gasteiger partial charge on any atom is 0.137 e. The van der Waals surface area contributed by atoms with Gasteiger partial charge in [-0.05, 0) is 39.1 Å². The standard InChI is InChI=1S/C23H33N5O4/c1-15(2)26-23-20(12-24)22(28-4-6-31-7-5-28)11-21(27-23)16-8-17(29)10-19(9-16)32-14-18(30)13-25-3/h8-12,15,18,24-25,29-30H,4-7,13-14H2,1-3H3,(H,26,27). The molecule has 1 fully saturated rings. The van der Waals surface area contributed by atoms with E-state index >= 15 is 0 Å². The number of nitrogens with one attached hydrogen (secondary N) is 3. The van der Waals surface area contributed by atoms with E-state index < -0.39 is 6.10 Å². The summed E-state index contributed by atoms with van der Waals surface area (Å²) in [6.45, 7) is 7.25. The van der Waals surface area contributed by atoms with Gasteiger partial charge >= 0.3 is 0 Å². The Balaban J connectivity index is 2.01. The smallest absolute Gasteiger partial charge is 0.137 e. The topological polar surface area (TPSA) is 123 Å². The Kier molecular flexibility index (Phi) is 8.26. The van der Waals surface area contributed by atoms with E-state index in [0.29, 0.717) is 42.6 Å². The molecule has 5 N–H and O–H groups in total. The summed E-state index contributed by atoms with van der Waals surface area (Å²) < 4.78 is 11.2. The van der Waals surface area contributed by atoms with Crippen molar-refractivity contribution in [3.05, 3.63) is 29.8 Å². The van der Waals surface area contributed by atoms with Gasteiger partial charge in [-0.2, -0.15) is 0 Å². The molecule has 0 radical (unpaired) electrons. The van der Waals surface area contributed by atoms with Gasteiger partial charge in [-0.15, -0.1) is 0 Å². The summed E-state index contributed by atoms with van der Waals surface area (Å²) in [7, 11) is 1.76. The predicted molar refractivity (Wildman–Crippen MR) is 126 cm³/mol. The summed E-state index contributed by atoms with van der Waals surface area (Å²) in [5.41, 5.74) is 2.94. The molecular weight excluding hydrogens is 410 g/mol. The number of aliphatic hydroxyl groups is 1. The molecule has 1 unspecified atom stereocenters. The Morgan fingerprint density at radius 3 is 2.66 bits per heavy atom. The van der Waals surface area contributed by atoms with Crippen molar-refractivity contribution >= 4 is 17.7 Å². The second-order valence-corrected chi connectivity index (χ2v) is 8.07. The summed E-state index contributed by atoms with van der Waals surface area (Å²) in [6, 6.07) is 7.00. The molecule has 0 bridgehead atoms. The summed E-state index contributed by atoms with van der Waals surface area (Å²) in [5.74, 6) is 1.11. The Morgan fingerprint density at radius 1 is 1.25 bits per heavy atom. The highest BCUT2D eigenvalue weighted by Crippen LogP contribution is 2.34. The molecule has 1 saturated heterocycles. The van der Waals surface area contributed by atoms with Crippen LogP contribution >= 0.6 is 0 Å². The number of morpholine rings is 1. The lowest BCUT2D eigenvalue weighted by Crippen LogP contribution is -2.37. The monoisotopic (exact) mass is 443 g/mol. The third-order valence-electron chi connectivity index (χ3n) is 5.03. The molecule has 0 spiro atoms. The number of aromatic hydroxyl groups is 1. The van der Waals surface area contributed by atoms with Crippen molar-refractivity contribution in [1.82, 2.24) is 10.3 Å². The van der Waals surface area contributed by atoms with Crippen LogP contribution in [0.1, 0.15) is 19.4 Å². The quantitative estimate of drug-likeness (QED) is 0.354. The average molecular weight is 444 g/mol. The van der Waals surface area contributed by atoms with Crippen LogP contribution in [0.15, 0.2) is 24.3 Å². The molecule has 3 rings (SSSR count). The van der Waals surface area contributed by atoms with Gasteiger partial charge in [0.1, 0.15) is 30.0 Å². The first-order chi connectivity index (χ1) is 15.4. The largest absolute Gasteiger partial charge is 0.508 e.